The van der Waals surface area contributed by atoms with E-state index >= 15 is 0 Å². The molecule has 1 aliphatic heterocycles. The summed E-state index contributed by atoms with van der Waals surface area (Å²) in [4.78, 5) is 18.7. The van der Waals surface area contributed by atoms with Crippen molar-refractivity contribution < 1.29 is 9.53 Å². The zero-order chi connectivity index (χ0) is 15.6. The Kier molecular flexibility index (Phi) is 4.13. The average molecular weight is 332 g/mol. The highest BCUT2D eigenvalue weighted by Crippen LogP contribution is 2.29. The molecule has 122 valence electrons. The normalized spacial score (nSPS) is 21.0. The number of carbonyl (C=O) groups excluding carboxylic acids is 1. The number of hydrogen-bond donors (Lipinski definition) is 0. The second-order valence-corrected chi connectivity index (χ2v) is 7.13. The van der Waals surface area contributed by atoms with Crippen molar-refractivity contribution in [2.45, 2.75) is 25.9 Å². The van der Waals surface area contributed by atoms with Crippen molar-refractivity contribution in [3.63, 3.8) is 0 Å². The van der Waals surface area contributed by atoms with Crippen LogP contribution in [0.5, 0.6) is 0 Å². The summed E-state index contributed by atoms with van der Waals surface area (Å²) in [6.45, 7) is 3.59. The molecule has 4 rings (SSSR count). The summed E-state index contributed by atoms with van der Waals surface area (Å²) in [6, 6.07) is 1.98. The SMILES string of the molecule is O=C(c1cscn1)N1Cc2ccnn2CC(COCC2CC2)C1. The first-order valence-corrected chi connectivity index (χ1v) is 9.00. The Hall–Kier alpha value is -1.73. The van der Waals surface area contributed by atoms with Gasteiger partial charge < -0.3 is 9.64 Å². The van der Waals surface area contributed by atoms with Crippen molar-refractivity contribution in [1.82, 2.24) is 19.7 Å². The van der Waals surface area contributed by atoms with Crippen molar-refractivity contribution in [3.8, 4) is 0 Å². The monoisotopic (exact) mass is 332 g/mol. The van der Waals surface area contributed by atoms with Crippen LogP contribution in [0.2, 0.25) is 0 Å². The Morgan fingerprint density at radius 1 is 1.30 bits per heavy atom. The van der Waals surface area contributed by atoms with Gasteiger partial charge in [-0.3, -0.25) is 9.48 Å². The minimum Gasteiger partial charge on any atom is -0.381 e. The zero-order valence-corrected chi connectivity index (χ0v) is 13.7. The minimum atomic E-state index is -0.00640. The third-order valence-corrected chi connectivity index (χ3v) is 5.00. The molecule has 0 bridgehead atoms. The van der Waals surface area contributed by atoms with Gasteiger partial charge in [0.2, 0.25) is 0 Å². The largest absolute Gasteiger partial charge is 0.381 e. The fraction of sp³-hybridized carbons (Fsp3) is 0.562. The molecule has 0 saturated heterocycles. The molecule has 6 nitrogen and oxygen atoms in total. The van der Waals surface area contributed by atoms with Gasteiger partial charge in [-0.1, -0.05) is 0 Å². The Bertz CT molecular complexity index is 665. The average Bonchev–Trinajstić information content (AvgIpc) is 3.07. The van der Waals surface area contributed by atoms with Gasteiger partial charge in [-0.05, 0) is 24.8 Å². The molecule has 0 radical (unpaired) electrons. The number of ether oxygens (including phenoxy) is 1. The van der Waals surface area contributed by atoms with Crippen molar-refractivity contribution >= 4 is 17.2 Å². The lowest BCUT2D eigenvalue weighted by Crippen LogP contribution is -2.35. The molecule has 1 atom stereocenters. The lowest BCUT2D eigenvalue weighted by Gasteiger charge is -2.23. The van der Waals surface area contributed by atoms with Crippen LogP contribution in [0.4, 0.5) is 0 Å². The number of rotatable bonds is 5. The number of carbonyl (C=O) groups is 1. The van der Waals surface area contributed by atoms with E-state index in [-0.39, 0.29) is 11.8 Å². The number of aromatic nitrogens is 3. The summed E-state index contributed by atoms with van der Waals surface area (Å²) >= 11 is 1.45. The summed E-state index contributed by atoms with van der Waals surface area (Å²) < 4.78 is 7.87. The first-order valence-electron chi connectivity index (χ1n) is 8.05. The molecule has 0 spiro atoms. The highest BCUT2D eigenvalue weighted by atomic mass is 32.1. The molecule has 1 aliphatic carbocycles. The maximum absolute atomic E-state index is 12.7. The molecule has 7 heteroatoms. The third kappa shape index (κ3) is 3.45. The summed E-state index contributed by atoms with van der Waals surface area (Å²) in [5, 5.41) is 6.20. The van der Waals surface area contributed by atoms with E-state index in [9.17, 15) is 4.79 Å². The number of thiazole rings is 1. The summed E-state index contributed by atoms with van der Waals surface area (Å²) in [6.07, 6.45) is 4.39. The van der Waals surface area contributed by atoms with E-state index in [1.807, 2.05) is 21.0 Å². The van der Waals surface area contributed by atoms with E-state index in [4.69, 9.17) is 4.74 Å². The van der Waals surface area contributed by atoms with E-state index < -0.39 is 0 Å². The van der Waals surface area contributed by atoms with Gasteiger partial charge in [0, 0.05) is 37.2 Å². The maximum atomic E-state index is 12.7. The Morgan fingerprint density at radius 3 is 2.96 bits per heavy atom. The number of hydrogen-bond acceptors (Lipinski definition) is 5. The first-order chi connectivity index (χ1) is 11.3. The van der Waals surface area contributed by atoms with Crippen LogP contribution in [0.25, 0.3) is 0 Å². The topological polar surface area (TPSA) is 60.2 Å². The molecule has 3 heterocycles. The smallest absolute Gasteiger partial charge is 0.273 e. The fourth-order valence-corrected chi connectivity index (χ4v) is 3.48. The molecule has 2 aromatic rings. The van der Waals surface area contributed by atoms with Crippen molar-refractivity contribution in [3.05, 3.63) is 34.5 Å². The van der Waals surface area contributed by atoms with Crippen molar-refractivity contribution in [1.29, 1.82) is 0 Å². The second kappa shape index (κ2) is 6.41. The van der Waals surface area contributed by atoms with Crippen LogP contribution in [-0.4, -0.2) is 45.3 Å². The van der Waals surface area contributed by atoms with E-state index in [1.54, 1.807) is 11.7 Å². The van der Waals surface area contributed by atoms with Crippen LogP contribution in [0.3, 0.4) is 0 Å². The van der Waals surface area contributed by atoms with Crippen LogP contribution in [0, 0.1) is 11.8 Å². The van der Waals surface area contributed by atoms with Gasteiger partial charge in [0.1, 0.15) is 5.69 Å². The predicted octanol–water partition coefficient (Wildman–Crippen LogP) is 2.04. The fourth-order valence-electron chi connectivity index (χ4n) is 2.96. The maximum Gasteiger partial charge on any atom is 0.273 e. The van der Waals surface area contributed by atoms with Gasteiger partial charge >= 0.3 is 0 Å². The first kappa shape index (κ1) is 14.8. The van der Waals surface area contributed by atoms with Crippen molar-refractivity contribution in [2.75, 3.05) is 19.8 Å². The molecular weight excluding hydrogens is 312 g/mol. The van der Waals surface area contributed by atoms with Gasteiger partial charge in [0.25, 0.3) is 5.91 Å². The van der Waals surface area contributed by atoms with E-state index in [0.29, 0.717) is 25.4 Å². The van der Waals surface area contributed by atoms with Gasteiger partial charge in [-0.25, -0.2) is 4.98 Å². The molecular formula is C16H20N4O2S. The van der Waals surface area contributed by atoms with Gasteiger partial charge in [0.15, 0.2) is 0 Å². The molecule has 1 saturated carbocycles. The number of fused-ring (bicyclic) bond motifs is 1. The number of nitrogens with zero attached hydrogens (tertiary/aromatic N) is 4. The lowest BCUT2D eigenvalue weighted by molar-refractivity contribution is 0.0565. The standard InChI is InChI=1S/C16H20N4O2S/c21-16(15-10-23-11-17-15)19-5-13(9-22-8-12-1-2-12)6-20-14(7-19)3-4-18-20/h3-4,10-13H,1-2,5-9H2. The Morgan fingerprint density at radius 2 is 2.17 bits per heavy atom. The van der Waals surface area contributed by atoms with Gasteiger partial charge in [0.05, 0.1) is 24.4 Å². The molecule has 1 fully saturated rings. The van der Waals surface area contributed by atoms with Gasteiger partial charge in [-0.2, -0.15) is 5.10 Å². The molecule has 23 heavy (non-hydrogen) atoms. The Labute approximate surface area is 139 Å². The van der Waals surface area contributed by atoms with Crippen LogP contribution in [0.1, 0.15) is 29.0 Å². The van der Waals surface area contributed by atoms with E-state index in [0.717, 1.165) is 24.8 Å². The van der Waals surface area contributed by atoms with E-state index in [1.165, 1.54) is 24.2 Å². The van der Waals surface area contributed by atoms with Gasteiger partial charge in [-0.15, -0.1) is 11.3 Å². The predicted molar refractivity (Wildman–Crippen MR) is 86.1 cm³/mol. The summed E-state index contributed by atoms with van der Waals surface area (Å²) in [5.74, 6) is 1.01. The van der Waals surface area contributed by atoms with Crippen LogP contribution in [-0.2, 0) is 17.8 Å². The zero-order valence-electron chi connectivity index (χ0n) is 12.9. The molecule has 1 amide bonds. The van der Waals surface area contributed by atoms with Crippen LogP contribution < -0.4 is 0 Å². The summed E-state index contributed by atoms with van der Waals surface area (Å²) in [7, 11) is 0. The molecule has 0 aromatic carbocycles. The Balaban J connectivity index is 1.48. The molecule has 0 N–H and O–H groups in total. The van der Waals surface area contributed by atoms with Crippen LogP contribution in [0.15, 0.2) is 23.2 Å². The second-order valence-electron chi connectivity index (χ2n) is 6.41. The highest BCUT2D eigenvalue weighted by Gasteiger charge is 2.28. The van der Waals surface area contributed by atoms with Crippen LogP contribution >= 0.6 is 11.3 Å². The van der Waals surface area contributed by atoms with E-state index in [2.05, 4.69) is 10.1 Å². The highest BCUT2D eigenvalue weighted by molar-refractivity contribution is 7.07. The van der Waals surface area contributed by atoms with Crippen molar-refractivity contribution in [2.24, 2.45) is 11.8 Å². The summed E-state index contributed by atoms with van der Waals surface area (Å²) in [5.41, 5.74) is 3.30. The minimum absolute atomic E-state index is 0.00640. The molecule has 2 aromatic heterocycles. The number of amides is 1. The lowest BCUT2D eigenvalue weighted by atomic mass is 10.1. The quantitative estimate of drug-likeness (QED) is 0.841. The molecule has 2 aliphatic rings. The molecule has 1 unspecified atom stereocenters. The third-order valence-electron chi connectivity index (χ3n) is 4.41.